The molecule has 1 amide bonds. The fourth-order valence-electron chi connectivity index (χ4n) is 1.53. The van der Waals surface area contributed by atoms with Crippen LogP contribution in [0.3, 0.4) is 0 Å². The number of nitrogens with one attached hydrogen (secondary N) is 1. The number of carbonyl (C=O) groups is 1. The zero-order valence-electron chi connectivity index (χ0n) is 11.7. The van der Waals surface area contributed by atoms with Crippen LogP contribution in [0, 0.1) is 6.92 Å². The number of aromatic nitrogens is 2. The smallest absolute Gasteiger partial charge is 0.387 e. The van der Waals surface area contributed by atoms with Gasteiger partial charge in [-0.15, -0.1) is 10.2 Å². The Bertz CT molecular complexity index is 652. The van der Waals surface area contributed by atoms with E-state index in [4.69, 9.17) is 0 Å². The summed E-state index contributed by atoms with van der Waals surface area (Å²) in [4.78, 5) is 12.1. The Morgan fingerprint density at radius 1 is 1.36 bits per heavy atom. The van der Waals surface area contributed by atoms with Crippen molar-refractivity contribution in [1.82, 2.24) is 10.2 Å². The van der Waals surface area contributed by atoms with Crippen LogP contribution in [0.5, 0.6) is 5.75 Å². The number of carbonyl (C=O) groups excluding carboxylic acids is 1. The lowest BCUT2D eigenvalue weighted by atomic mass is 10.3. The average Bonchev–Trinajstić information content (AvgIpc) is 2.85. The Kier molecular flexibility index (Phi) is 5.67. The van der Waals surface area contributed by atoms with E-state index in [0.717, 1.165) is 5.01 Å². The Labute approximate surface area is 134 Å². The van der Waals surface area contributed by atoms with E-state index in [-0.39, 0.29) is 17.3 Å². The maximum atomic E-state index is 12.3. The number of nitrogens with zero attached hydrogens (tertiary/aromatic N) is 2. The summed E-state index contributed by atoms with van der Waals surface area (Å²) in [5, 5.41) is 10.7. The van der Waals surface area contributed by atoms with E-state index in [9.17, 15) is 13.6 Å². The maximum absolute atomic E-state index is 12.3. The van der Waals surface area contributed by atoms with E-state index in [1.54, 1.807) is 19.1 Å². The first-order chi connectivity index (χ1) is 10.5. The second-order valence-corrected chi connectivity index (χ2v) is 6.98. The standard InChI is InChI=1S/C13H13F2N3O2S2/c1-7(21-13-18-17-8(2)22-13)11(19)16-9-5-3-4-6-10(9)20-12(14)15/h3-7,12H,1-2H3,(H,16,19). The van der Waals surface area contributed by atoms with Crippen LogP contribution in [0.15, 0.2) is 28.6 Å². The second-order valence-electron chi connectivity index (χ2n) is 4.21. The fraction of sp³-hybridized carbons (Fsp3) is 0.308. The summed E-state index contributed by atoms with van der Waals surface area (Å²) in [6.45, 7) is 0.576. The topological polar surface area (TPSA) is 64.1 Å². The molecule has 0 aliphatic heterocycles. The summed E-state index contributed by atoms with van der Waals surface area (Å²) >= 11 is 2.64. The highest BCUT2D eigenvalue weighted by Crippen LogP contribution is 2.29. The summed E-state index contributed by atoms with van der Waals surface area (Å²) in [7, 11) is 0. The Balaban J connectivity index is 2.02. The molecule has 2 rings (SSSR count). The molecule has 0 aliphatic carbocycles. The summed E-state index contributed by atoms with van der Waals surface area (Å²) in [5.41, 5.74) is 0.202. The third-order valence-corrected chi connectivity index (χ3v) is 4.54. The number of thioether (sulfide) groups is 1. The predicted octanol–water partition coefficient (Wildman–Crippen LogP) is 3.57. The molecule has 0 saturated heterocycles. The summed E-state index contributed by atoms with van der Waals surface area (Å²) in [5.74, 6) is -0.405. The molecular formula is C13H13F2N3O2S2. The van der Waals surface area contributed by atoms with E-state index >= 15 is 0 Å². The van der Waals surface area contributed by atoms with Crippen molar-refractivity contribution in [3.8, 4) is 5.75 Å². The highest BCUT2D eigenvalue weighted by Gasteiger charge is 2.19. The lowest BCUT2D eigenvalue weighted by molar-refractivity contribution is -0.115. The first-order valence-electron chi connectivity index (χ1n) is 6.27. The number of hydrogen-bond donors (Lipinski definition) is 1. The Hall–Kier alpha value is -1.74. The second kappa shape index (κ2) is 7.50. The zero-order valence-corrected chi connectivity index (χ0v) is 13.4. The molecule has 0 saturated carbocycles. The molecule has 0 spiro atoms. The molecule has 2 aromatic rings. The molecule has 1 atom stereocenters. The first kappa shape index (κ1) is 16.6. The van der Waals surface area contributed by atoms with Crippen molar-refractivity contribution in [3.63, 3.8) is 0 Å². The van der Waals surface area contributed by atoms with Crippen LogP contribution in [0.4, 0.5) is 14.5 Å². The molecular weight excluding hydrogens is 332 g/mol. The van der Waals surface area contributed by atoms with Gasteiger partial charge in [0.05, 0.1) is 10.9 Å². The Morgan fingerprint density at radius 3 is 2.73 bits per heavy atom. The van der Waals surface area contributed by atoms with Gasteiger partial charge in [-0.2, -0.15) is 8.78 Å². The van der Waals surface area contributed by atoms with Gasteiger partial charge in [0.15, 0.2) is 4.34 Å². The molecule has 5 nitrogen and oxygen atoms in total. The van der Waals surface area contributed by atoms with E-state index in [0.29, 0.717) is 4.34 Å². The molecule has 0 fully saturated rings. The predicted molar refractivity (Wildman–Crippen MR) is 81.7 cm³/mol. The number of amides is 1. The van der Waals surface area contributed by atoms with Crippen molar-refractivity contribution in [3.05, 3.63) is 29.3 Å². The van der Waals surface area contributed by atoms with Gasteiger partial charge in [-0.1, -0.05) is 35.2 Å². The van der Waals surface area contributed by atoms with E-state index in [1.807, 2.05) is 6.92 Å². The number of halogens is 2. The molecule has 0 aliphatic rings. The third-order valence-electron chi connectivity index (χ3n) is 2.52. The highest BCUT2D eigenvalue weighted by molar-refractivity contribution is 8.02. The quantitative estimate of drug-likeness (QED) is 0.811. The normalized spacial score (nSPS) is 12.2. The largest absolute Gasteiger partial charge is 0.433 e. The minimum Gasteiger partial charge on any atom is -0.433 e. The van der Waals surface area contributed by atoms with Crippen LogP contribution < -0.4 is 10.1 Å². The minimum absolute atomic E-state index is 0.0743. The molecule has 1 unspecified atom stereocenters. The lowest BCUT2D eigenvalue weighted by Crippen LogP contribution is -2.23. The highest BCUT2D eigenvalue weighted by atomic mass is 32.2. The maximum Gasteiger partial charge on any atom is 0.387 e. The van der Waals surface area contributed by atoms with E-state index in [2.05, 4.69) is 20.3 Å². The lowest BCUT2D eigenvalue weighted by Gasteiger charge is -2.14. The number of para-hydroxylation sites is 2. The van der Waals surface area contributed by atoms with Gasteiger partial charge in [0.1, 0.15) is 10.8 Å². The first-order valence-corrected chi connectivity index (χ1v) is 7.97. The minimum atomic E-state index is -2.95. The van der Waals surface area contributed by atoms with Crippen molar-refractivity contribution in [1.29, 1.82) is 0 Å². The number of benzene rings is 1. The molecule has 118 valence electrons. The summed E-state index contributed by atoms with van der Waals surface area (Å²) < 4.78 is 29.7. The molecule has 0 bridgehead atoms. The fourth-order valence-corrected chi connectivity index (χ4v) is 3.49. The zero-order chi connectivity index (χ0) is 16.1. The molecule has 1 heterocycles. The molecule has 0 radical (unpaired) electrons. The number of hydrogen-bond acceptors (Lipinski definition) is 6. The van der Waals surface area contributed by atoms with Crippen molar-refractivity contribution in [2.45, 2.75) is 30.0 Å². The third kappa shape index (κ3) is 4.63. The van der Waals surface area contributed by atoms with Gasteiger partial charge >= 0.3 is 6.61 Å². The van der Waals surface area contributed by atoms with E-state index in [1.165, 1.54) is 35.2 Å². The van der Waals surface area contributed by atoms with Crippen LogP contribution in [-0.2, 0) is 4.79 Å². The number of ether oxygens (including phenoxy) is 1. The Morgan fingerprint density at radius 2 is 2.09 bits per heavy atom. The van der Waals surface area contributed by atoms with E-state index < -0.39 is 11.9 Å². The van der Waals surface area contributed by atoms with Crippen molar-refractivity contribution in [2.75, 3.05) is 5.32 Å². The average molecular weight is 345 g/mol. The monoisotopic (exact) mass is 345 g/mol. The van der Waals surface area contributed by atoms with Gasteiger partial charge in [0, 0.05) is 0 Å². The van der Waals surface area contributed by atoms with Gasteiger partial charge in [-0.3, -0.25) is 4.79 Å². The molecule has 1 aromatic heterocycles. The molecule has 1 N–H and O–H groups in total. The van der Waals surface area contributed by atoms with Gasteiger partial charge in [0.2, 0.25) is 5.91 Å². The summed E-state index contributed by atoms with van der Waals surface area (Å²) in [6, 6.07) is 6.05. The number of rotatable bonds is 6. The van der Waals surface area contributed by atoms with Crippen LogP contribution >= 0.6 is 23.1 Å². The van der Waals surface area contributed by atoms with Gasteiger partial charge in [-0.05, 0) is 26.0 Å². The van der Waals surface area contributed by atoms with Crippen LogP contribution in [-0.4, -0.2) is 28.0 Å². The number of aryl methyl sites for hydroxylation is 1. The molecule has 1 aromatic carbocycles. The number of anilines is 1. The van der Waals surface area contributed by atoms with Crippen LogP contribution in [0.1, 0.15) is 11.9 Å². The molecule has 22 heavy (non-hydrogen) atoms. The van der Waals surface area contributed by atoms with Crippen molar-refractivity contribution in [2.24, 2.45) is 0 Å². The van der Waals surface area contributed by atoms with Crippen molar-refractivity contribution >= 4 is 34.7 Å². The SMILES string of the molecule is Cc1nnc(SC(C)C(=O)Nc2ccccc2OC(F)F)s1. The summed E-state index contributed by atoms with van der Waals surface area (Å²) in [6.07, 6.45) is 0. The van der Waals surface area contributed by atoms with Gasteiger partial charge < -0.3 is 10.1 Å². The van der Waals surface area contributed by atoms with Gasteiger partial charge in [-0.25, -0.2) is 0 Å². The molecule has 9 heteroatoms. The van der Waals surface area contributed by atoms with Gasteiger partial charge in [0.25, 0.3) is 0 Å². The van der Waals surface area contributed by atoms with Crippen LogP contribution in [0.25, 0.3) is 0 Å². The van der Waals surface area contributed by atoms with Crippen LogP contribution in [0.2, 0.25) is 0 Å². The van der Waals surface area contributed by atoms with Crippen molar-refractivity contribution < 1.29 is 18.3 Å². The number of alkyl halides is 2.